The topological polar surface area (TPSA) is 101 Å². The number of carbonyl (C=O) groups is 2. The van der Waals surface area contributed by atoms with E-state index in [0.29, 0.717) is 6.42 Å². The Labute approximate surface area is 105 Å². The van der Waals surface area contributed by atoms with Crippen molar-refractivity contribution >= 4 is 21.9 Å². The van der Waals surface area contributed by atoms with Gasteiger partial charge in [0.25, 0.3) is 10.0 Å². The summed E-state index contributed by atoms with van der Waals surface area (Å²) in [6, 6.07) is 5.72. The van der Waals surface area contributed by atoms with Gasteiger partial charge in [0.05, 0.1) is 4.90 Å². The van der Waals surface area contributed by atoms with Gasteiger partial charge in [-0.15, -0.1) is 0 Å². The van der Waals surface area contributed by atoms with Gasteiger partial charge in [0.15, 0.2) is 0 Å². The van der Waals surface area contributed by atoms with Gasteiger partial charge in [-0.1, -0.05) is 12.1 Å². The van der Waals surface area contributed by atoms with Gasteiger partial charge >= 0.3 is 5.97 Å². The zero-order valence-corrected chi connectivity index (χ0v) is 10.5. The summed E-state index contributed by atoms with van der Waals surface area (Å²) in [5.41, 5.74) is 0.721. The SMILES string of the molecule is CC(=O)NS(=O)(=O)c1ccc(CCC(=O)O)cc1. The number of aliphatic carboxylic acids is 1. The molecule has 0 heterocycles. The van der Waals surface area contributed by atoms with Gasteiger partial charge in [-0.2, -0.15) is 0 Å². The first kappa shape index (κ1) is 14.2. The molecule has 0 spiro atoms. The predicted molar refractivity (Wildman–Crippen MR) is 63.4 cm³/mol. The average molecular weight is 271 g/mol. The van der Waals surface area contributed by atoms with Crippen molar-refractivity contribution in [1.82, 2.24) is 4.72 Å². The standard InChI is InChI=1S/C11H13NO5S/c1-8(13)12-18(16,17)10-5-2-9(3-6-10)4-7-11(14)15/h2-3,5-6H,4,7H2,1H3,(H,12,13)(H,14,15). The molecule has 1 amide bonds. The van der Waals surface area contributed by atoms with Crippen LogP contribution in [0.15, 0.2) is 29.2 Å². The molecule has 7 heteroatoms. The van der Waals surface area contributed by atoms with Crippen LogP contribution in [0.4, 0.5) is 0 Å². The van der Waals surface area contributed by atoms with Crippen molar-refractivity contribution < 1.29 is 23.1 Å². The molecule has 0 aromatic heterocycles. The molecule has 0 aliphatic carbocycles. The number of nitrogens with one attached hydrogen (secondary N) is 1. The number of sulfonamides is 1. The quantitative estimate of drug-likeness (QED) is 0.813. The molecule has 0 saturated carbocycles. The Hall–Kier alpha value is -1.89. The molecule has 0 atom stereocenters. The lowest BCUT2D eigenvalue weighted by atomic mass is 10.1. The first-order valence-electron chi connectivity index (χ1n) is 5.15. The second-order valence-corrected chi connectivity index (χ2v) is 5.38. The lowest BCUT2D eigenvalue weighted by Crippen LogP contribution is -2.28. The third kappa shape index (κ3) is 4.17. The fourth-order valence-electron chi connectivity index (χ4n) is 1.33. The maximum absolute atomic E-state index is 11.6. The summed E-state index contributed by atoms with van der Waals surface area (Å²) in [6.45, 7) is 1.11. The van der Waals surface area contributed by atoms with Crippen LogP contribution in [0, 0.1) is 0 Å². The van der Waals surface area contributed by atoms with Crippen LogP contribution in [-0.4, -0.2) is 25.4 Å². The molecular weight excluding hydrogens is 258 g/mol. The van der Waals surface area contributed by atoms with E-state index in [0.717, 1.165) is 12.5 Å². The van der Waals surface area contributed by atoms with Crippen LogP contribution >= 0.6 is 0 Å². The molecular formula is C11H13NO5S. The lowest BCUT2D eigenvalue weighted by Gasteiger charge is -2.05. The van der Waals surface area contributed by atoms with Crippen LogP contribution in [0.3, 0.4) is 0 Å². The molecule has 1 aromatic rings. The second-order valence-electron chi connectivity index (χ2n) is 3.70. The second kappa shape index (κ2) is 5.63. The first-order valence-corrected chi connectivity index (χ1v) is 6.64. The summed E-state index contributed by atoms with van der Waals surface area (Å²) in [4.78, 5) is 21.1. The highest BCUT2D eigenvalue weighted by Crippen LogP contribution is 2.11. The van der Waals surface area contributed by atoms with Crippen molar-refractivity contribution in [2.24, 2.45) is 0 Å². The molecule has 0 unspecified atom stereocenters. The summed E-state index contributed by atoms with van der Waals surface area (Å²) in [5.74, 6) is -1.57. The summed E-state index contributed by atoms with van der Waals surface area (Å²) >= 11 is 0. The van der Waals surface area contributed by atoms with Crippen LogP contribution in [0.5, 0.6) is 0 Å². The molecule has 0 aliphatic rings. The normalized spacial score (nSPS) is 10.9. The smallest absolute Gasteiger partial charge is 0.303 e. The Morgan fingerprint density at radius 1 is 1.22 bits per heavy atom. The van der Waals surface area contributed by atoms with Crippen molar-refractivity contribution in [3.05, 3.63) is 29.8 Å². The number of rotatable bonds is 5. The molecule has 0 aliphatic heterocycles. The monoisotopic (exact) mass is 271 g/mol. The van der Waals surface area contributed by atoms with Crippen LogP contribution < -0.4 is 4.72 Å². The number of carboxylic acids is 1. The Kier molecular flexibility index (Phi) is 4.43. The van der Waals surface area contributed by atoms with Crippen LogP contribution in [-0.2, 0) is 26.0 Å². The number of carboxylic acid groups (broad SMARTS) is 1. The molecule has 1 aromatic carbocycles. The number of aryl methyl sites for hydroxylation is 1. The van der Waals surface area contributed by atoms with E-state index in [2.05, 4.69) is 0 Å². The molecule has 0 bridgehead atoms. The zero-order valence-electron chi connectivity index (χ0n) is 9.71. The Morgan fingerprint density at radius 2 is 1.78 bits per heavy atom. The van der Waals surface area contributed by atoms with Gasteiger partial charge in [-0.05, 0) is 24.1 Å². The maximum Gasteiger partial charge on any atom is 0.303 e. The van der Waals surface area contributed by atoms with Gasteiger partial charge in [0, 0.05) is 13.3 Å². The molecule has 0 saturated heterocycles. The molecule has 18 heavy (non-hydrogen) atoms. The summed E-state index contributed by atoms with van der Waals surface area (Å²) in [6.07, 6.45) is 0.313. The van der Waals surface area contributed by atoms with E-state index in [9.17, 15) is 18.0 Å². The third-order valence-corrected chi connectivity index (χ3v) is 3.59. The van der Waals surface area contributed by atoms with Gasteiger partial charge in [-0.3, -0.25) is 9.59 Å². The molecule has 6 nitrogen and oxygen atoms in total. The fraction of sp³-hybridized carbons (Fsp3) is 0.273. The Morgan fingerprint density at radius 3 is 2.22 bits per heavy atom. The highest BCUT2D eigenvalue weighted by atomic mass is 32.2. The molecule has 1 rings (SSSR count). The van der Waals surface area contributed by atoms with E-state index < -0.39 is 21.9 Å². The summed E-state index contributed by atoms with van der Waals surface area (Å²) in [7, 11) is -3.82. The maximum atomic E-state index is 11.6. The van der Waals surface area contributed by atoms with Crippen LogP contribution in [0.1, 0.15) is 18.9 Å². The van der Waals surface area contributed by atoms with Crippen LogP contribution in [0.2, 0.25) is 0 Å². The predicted octanol–water partition coefficient (Wildman–Crippen LogP) is 0.529. The van der Waals surface area contributed by atoms with Crippen molar-refractivity contribution in [2.45, 2.75) is 24.7 Å². The number of carbonyl (C=O) groups excluding carboxylic acids is 1. The van der Waals surface area contributed by atoms with Crippen LogP contribution in [0.25, 0.3) is 0 Å². The number of hydrogen-bond donors (Lipinski definition) is 2. The van der Waals surface area contributed by atoms with E-state index in [1.54, 1.807) is 0 Å². The first-order chi connectivity index (χ1) is 8.31. The number of benzene rings is 1. The highest BCUT2D eigenvalue weighted by molar-refractivity contribution is 7.90. The van der Waals surface area contributed by atoms with Crippen molar-refractivity contribution in [3.8, 4) is 0 Å². The lowest BCUT2D eigenvalue weighted by molar-refractivity contribution is -0.137. The van der Waals surface area contributed by atoms with Gasteiger partial charge in [0.1, 0.15) is 0 Å². The van der Waals surface area contributed by atoms with Crippen molar-refractivity contribution in [3.63, 3.8) is 0 Å². The molecule has 98 valence electrons. The van der Waals surface area contributed by atoms with Crippen molar-refractivity contribution in [1.29, 1.82) is 0 Å². The van der Waals surface area contributed by atoms with E-state index in [1.165, 1.54) is 24.3 Å². The minimum absolute atomic E-state index is 0.0161. The molecule has 0 fully saturated rings. The Bertz CT molecular complexity index is 547. The fourth-order valence-corrected chi connectivity index (χ4v) is 2.33. The summed E-state index contributed by atoms with van der Waals surface area (Å²) in [5, 5.41) is 8.51. The van der Waals surface area contributed by atoms with Gasteiger partial charge < -0.3 is 5.11 Å². The third-order valence-electron chi connectivity index (χ3n) is 2.14. The molecule has 0 radical (unpaired) electrons. The zero-order chi connectivity index (χ0) is 13.8. The van der Waals surface area contributed by atoms with Crippen molar-refractivity contribution in [2.75, 3.05) is 0 Å². The van der Waals surface area contributed by atoms with Gasteiger partial charge in [0.2, 0.25) is 5.91 Å². The van der Waals surface area contributed by atoms with E-state index in [4.69, 9.17) is 5.11 Å². The van der Waals surface area contributed by atoms with E-state index >= 15 is 0 Å². The highest BCUT2D eigenvalue weighted by Gasteiger charge is 2.14. The number of amides is 1. The van der Waals surface area contributed by atoms with E-state index in [-0.39, 0.29) is 11.3 Å². The van der Waals surface area contributed by atoms with Gasteiger partial charge in [-0.25, -0.2) is 13.1 Å². The minimum Gasteiger partial charge on any atom is -0.481 e. The van der Waals surface area contributed by atoms with E-state index in [1.807, 2.05) is 4.72 Å². The summed E-state index contributed by atoms with van der Waals surface area (Å²) < 4.78 is 25.0. The Balaban J connectivity index is 2.82. The number of hydrogen-bond acceptors (Lipinski definition) is 4. The largest absolute Gasteiger partial charge is 0.481 e. The minimum atomic E-state index is -3.82. The average Bonchev–Trinajstić information content (AvgIpc) is 2.25. The molecule has 2 N–H and O–H groups in total.